The van der Waals surface area contributed by atoms with E-state index in [9.17, 15) is 17.7 Å². The molecule has 0 aromatic carbocycles. The summed E-state index contributed by atoms with van der Waals surface area (Å²) in [6, 6.07) is 0. The van der Waals surface area contributed by atoms with Crippen LogP contribution < -0.4 is 0 Å². The van der Waals surface area contributed by atoms with Crippen molar-refractivity contribution in [2.75, 3.05) is 0 Å². The second-order valence-corrected chi connectivity index (χ2v) is 5.22. The molecule has 0 radical (unpaired) electrons. The molecule has 0 spiro atoms. The van der Waals surface area contributed by atoms with Gasteiger partial charge in [-0.3, -0.25) is 4.52 Å². The molecule has 0 aromatic rings. The normalized spacial score (nSPS) is 14.1. The SMILES string of the molecule is CCCC(CCC)(CC(F)(F)F)OP(=O)(O)O. The predicted octanol–water partition coefficient (Wildman–Crippen LogP) is 3.39. The van der Waals surface area contributed by atoms with Gasteiger partial charge in [-0.05, 0) is 12.8 Å². The minimum absolute atomic E-state index is 0.0362. The molecule has 4 nitrogen and oxygen atoms in total. The molecule has 0 saturated carbocycles. The molecule has 0 aliphatic rings. The largest absolute Gasteiger partial charge is 0.470 e. The molecule has 0 aliphatic heterocycles. The summed E-state index contributed by atoms with van der Waals surface area (Å²) < 4.78 is 52.5. The van der Waals surface area contributed by atoms with E-state index in [1.807, 2.05) is 0 Å². The zero-order valence-electron chi connectivity index (χ0n) is 9.83. The Morgan fingerprint density at radius 3 is 1.76 bits per heavy atom. The summed E-state index contributed by atoms with van der Waals surface area (Å²) >= 11 is 0. The van der Waals surface area contributed by atoms with Crippen LogP contribution in [0.5, 0.6) is 0 Å². The Hall–Kier alpha value is -0.100. The molecule has 0 aromatic heterocycles. The summed E-state index contributed by atoms with van der Waals surface area (Å²) in [6.07, 6.45) is -5.21. The van der Waals surface area contributed by atoms with E-state index in [1.165, 1.54) is 0 Å². The van der Waals surface area contributed by atoms with Crippen molar-refractivity contribution in [1.29, 1.82) is 0 Å². The van der Waals surface area contributed by atoms with Crippen molar-refractivity contribution >= 4 is 7.82 Å². The van der Waals surface area contributed by atoms with Crippen molar-refractivity contribution in [1.82, 2.24) is 0 Å². The maximum absolute atomic E-state index is 12.4. The summed E-state index contributed by atoms with van der Waals surface area (Å²) in [6.45, 7) is 3.29. The standard InChI is InChI=1S/C9H18F3O4P/c1-3-5-8(6-4-2,7-9(10,11)12)16-17(13,14)15/h3-7H2,1-2H3,(H2,13,14,15). The van der Waals surface area contributed by atoms with Gasteiger partial charge in [0.2, 0.25) is 0 Å². The fourth-order valence-electron chi connectivity index (χ4n) is 1.95. The van der Waals surface area contributed by atoms with Crippen LogP contribution in [-0.4, -0.2) is 21.6 Å². The Morgan fingerprint density at radius 2 is 1.53 bits per heavy atom. The summed E-state index contributed by atoms with van der Waals surface area (Å²) in [5, 5.41) is 0. The molecular weight excluding hydrogens is 260 g/mol. The number of rotatable bonds is 7. The fourth-order valence-corrected chi connectivity index (χ4v) is 2.71. The molecule has 0 saturated heterocycles. The van der Waals surface area contributed by atoms with E-state index >= 15 is 0 Å². The highest BCUT2D eigenvalue weighted by Crippen LogP contribution is 2.48. The van der Waals surface area contributed by atoms with Crippen LogP contribution in [-0.2, 0) is 9.09 Å². The lowest BCUT2D eigenvalue weighted by Crippen LogP contribution is -2.37. The van der Waals surface area contributed by atoms with Gasteiger partial charge >= 0.3 is 14.0 Å². The smallest absolute Gasteiger partial charge is 0.303 e. The van der Waals surface area contributed by atoms with E-state index in [4.69, 9.17) is 9.79 Å². The molecule has 0 bridgehead atoms. The van der Waals surface area contributed by atoms with Gasteiger partial charge in [-0.15, -0.1) is 0 Å². The zero-order chi connectivity index (χ0) is 13.7. The number of hydrogen-bond donors (Lipinski definition) is 2. The van der Waals surface area contributed by atoms with E-state index in [1.54, 1.807) is 13.8 Å². The topological polar surface area (TPSA) is 66.8 Å². The van der Waals surface area contributed by atoms with Crippen LogP contribution in [0.3, 0.4) is 0 Å². The van der Waals surface area contributed by atoms with Gasteiger partial charge in [-0.2, -0.15) is 13.2 Å². The molecule has 104 valence electrons. The minimum atomic E-state index is -4.93. The molecule has 17 heavy (non-hydrogen) atoms. The first-order chi connectivity index (χ1) is 7.54. The molecule has 8 heteroatoms. The van der Waals surface area contributed by atoms with E-state index in [0.29, 0.717) is 12.8 Å². The number of halogens is 3. The lowest BCUT2D eigenvalue weighted by Gasteiger charge is -2.34. The number of phosphoric ester groups is 1. The Balaban J connectivity index is 5.04. The summed E-state index contributed by atoms with van der Waals surface area (Å²) in [5.74, 6) is 0. The van der Waals surface area contributed by atoms with Crippen molar-refractivity contribution in [2.45, 2.75) is 57.7 Å². The predicted molar refractivity (Wildman–Crippen MR) is 56.3 cm³/mol. The number of alkyl halides is 3. The maximum Gasteiger partial charge on any atom is 0.470 e. The van der Waals surface area contributed by atoms with Crippen molar-refractivity contribution in [3.8, 4) is 0 Å². The van der Waals surface area contributed by atoms with Crippen LogP contribution in [0.2, 0.25) is 0 Å². The van der Waals surface area contributed by atoms with Gasteiger partial charge in [0.25, 0.3) is 0 Å². The average molecular weight is 278 g/mol. The Bertz CT molecular complexity index is 268. The van der Waals surface area contributed by atoms with Gasteiger partial charge in [-0.25, -0.2) is 4.57 Å². The minimum Gasteiger partial charge on any atom is -0.303 e. The molecular formula is C9H18F3O4P. The van der Waals surface area contributed by atoms with E-state index < -0.39 is 26.0 Å². The summed E-state index contributed by atoms with van der Waals surface area (Å²) in [7, 11) is -4.93. The van der Waals surface area contributed by atoms with Crippen LogP contribution >= 0.6 is 7.82 Å². The second-order valence-electron chi connectivity index (χ2n) is 4.06. The van der Waals surface area contributed by atoms with Crippen LogP contribution in [0.4, 0.5) is 13.2 Å². The van der Waals surface area contributed by atoms with E-state index in [2.05, 4.69) is 4.52 Å². The lowest BCUT2D eigenvalue weighted by molar-refractivity contribution is -0.175. The molecule has 0 fully saturated rings. The molecule has 0 unspecified atom stereocenters. The Kier molecular flexibility index (Phi) is 6.14. The zero-order valence-corrected chi connectivity index (χ0v) is 10.7. The highest BCUT2D eigenvalue weighted by Gasteiger charge is 2.45. The maximum atomic E-state index is 12.4. The van der Waals surface area contributed by atoms with E-state index in [-0.39, 0.29) is 12.8 Å². The van der Waals surface area contributed by atoms with Crippen LogP contribution in [0, 0.1) is 0 Å². The van der Waals surface area contributed by atoms with Crippen molar-refractivity contribution in [3.05, 3.63) is 0 Å². The molecule has 0 rings (SSSR count). The van der Waals surface area contributed by atoms with Gasteiger partial charge in [0.15, 0.2) is 0 Å². The van der Waals surface area contributed by atoms with Crippen LogP contribution in [0.25, 0.3) is 0 Å². The van der Waals surface area contributed by atoms with Gasteiger partial charge in [0.1, 0.15) is 0 Å². The first kappa shape index (κ1) is 16.9. The second kappa shape index (κ2) is 6.18. The third-order valence-corrected chi connectivity index (χ3v) is 2.87. The van der Waals surface area contributed by atoms with Gasteiger partial charge in [-0.1, -0.05) is 26.7 Å². The molecule has 2 N–H and O–H groups in total. The lowest BCUT2D eigenvalue weighted by atomic mass is 9.89. The monoisotopic (exact) mass is 278 g/mol. The first-order valence-corrected chi connectivity index (χ1v) is 6.89. The molecule has 0 amide bonds. The Morgan fingerprint density at radius 1 is 1.12 bits per heavy atom. The quantitative estimate of drug-likeness (QED) is 0.700. The molecule has 0 atom stereocenters. The van der Waals surface area contributed by atoms with Gasteiger partial charge in [0.05, 0.1) is 12.0 Å². The highest BCUT2D eigenvalue weighted by molar-refractivity contribution is 7.46. The summed E-state index contributed by atoms with van der Waals surface area (Å²) in [4.78, 5) is 17.4. The van der Waals surface area contributed by atoms with Gasteiger partial charge < -0.3 is 9.79 Å². The third kappa shape index (κ3) is 7.76. The molecule has 0 aliphatic carbocycles. The van der Waals surface area contributed by atoms with Crippen molar-refractivity contribution in [3.63, 3.8) is 0 Å². The fraction of sp³-hybridized carbons (Fsp3) is 1.00. The molecule has 0 heterocycles. The number of phosphoric acid groups is 1. The van der Waals surface area contributed by atoms with Crippen molar-refractivity contribution < 1.29 is 32.0 Å². The Labute approximate surface area is 98.4 Å². The summed E-state index contributed by atoms with van der Waals surface area (Å²) in [5.41, 5.74) is -1.82. The van der Waals surface area contributed by atoms with Crippen LogP contribution in [0.1, 0.15) is 46.0 Å². The van der Waals surface area contributed by atoms with Crippen LogP contribution in [0.15, 0.2) is 0 Å². The third-order valence-electron chi connectivity index (χ3n) is 2.25. The van der Waals surface area contributed by atoms with Crippen molar-refractivity contribution in [2.24, 2.45) is 0 Å². The first-order valence-electron chi connectivity index (χ1n) is 5.36. The van der Waals surface area contributed by atoms with Gasteiger partial charge in [0, 0.05) is 0 Å². The van der Waals surface area contributed by atoms with E-state index in [0.717, 1.165) is 0 Å². The number of hydrogen-bond acceptors (Lipinski definition) is 2. The highest BCUT2D eigenvalue weighted by atomic mass is 31.2. The average Bonchev–Trinajstić information content (AvgIpc) is 1.96.